The first-order valence-electron chi connectivity index (χ1n) is 29.9. The number of hydrogen-bond acceptors (Lipinski definition) is 21. The van der Waals surface area contributed by atoms with Gasteiger partial charge in [0.25, 0.3) is 5.56 Å². The monoisotopic (exact) mass is 1250 g/mol. The number of pyridine rings is 2. The topological polar surface area (TPSA) is 332 Å². The van der Waals surface area contributed by atoms with Crippen LogP contribution in [0.5, 0.6) is 0 Å². The van der Waals surface area contributed by atoms with Gasteiger partial charge in [-0.1, -0.05) is 32.6 Å². The second-order valence-electron chi connectivity index (χ2n) is 21.5. The largest absolute Gasteiger partial charge is 0.458 e. The van der Waals surface area contributed by atoms with Crippen molar-refractivity contribution in [1.29, 1.82) is 0 Å². The summed E-state index contributed by atoms with van der Waals surface area (Å²) in [6.45, 7) is 13.1. The van der Waals surface area contributed by atoms with E-state index in [-0.39, 0.29) is 78.8 Å². The zero-order valence-corrected chi connectivity index (χ0v) is 51.6. The lowest BCUT2D eigenvalue weighted by atomic mass is 9.85. The van der Waals surface area contributed by atoms with Gasteiger partial charge in [0, 0.05) is 66.7 Å². The number of unbranched alkanes of at least 4 members (excludes halogenated alkanes) is 1. The zero-order chi connectivity index (χ0) is 63.1. The molecule has 4 aromatic rings. The number of esters is 1. The Bertz CT molecular complexity index is 3300. The zero-order valence-electron chi connectivity index (χ0n) is 50.8. The number of fused-ring (bicyclic) bond motifs is 5. The number of ether oxygens (including phenoxy) is 9. The Kier molecular flexibility index (Phi) is 26.7. The lowest BCUT2D eigenvalue weighted by Crippen LogP contribution is -2.53. The summed E-state index contributed by atoms with van der Waals surface area (Å²) in [5, 5.41) is 23.3. The van der Waals surface area contributed by atoms with Gasteiger partial charge < -0.3 is 73.6 Å². The van der Waals surface area contributed by atoms with Gasteiger partial charge in [-0.25, -0.2) is 28.2 Å². The van der Waals surface area contributed by atoms with E-state index in [2.05, 4.69) is 43.1 Å². The molecule has 0 radical (unpaired) electrons. The molecule has 1 aromatic carbocycles. The molecule has 3 aliphatic rings. The third kappa shape index (κ3) is 19.3. The smallest absolute Gasteiger partial charge is 0.343 e. The lowest BCUT2D eigenvalue weighted by Gasteiger charge is -2.31. The van der Waals surface area contributed by atoms with E-state index in [0.29, 0.717) is 153 Å². The van der Waals surface area contributed by atoms with Crippen molar-refractivity contribution in [2.45, 2.75) is 115 Å². The van der Waals surface area contributed by atoms with E-state index in [1.54, 1.807) is 44.4 Å². The molecule has 0 spiro atoms. The number of aromatic nitrogens is 4. The second kappa shape index (κ2) is 34.2. The molecule has 4 amide bonds. The summed E-state index contributed by atoms with van der Waals surface area (Å²) in [5.41, 5.74) is 4.00. The summed E-state index contributed by atoms with van der Waals surface area (Å²) in [6.07, 6.45) is 7.37. The van der Waals surface area contributed by atoms with Crippen LogP contribution in [0.15, 0.2) is 40.5 Å². The molecule has 0 unspecified atom stereocenters. The highest BCUT2D eigenvalue weighted by atomic mass is 32.2. The van der Waals surface area contributed by atoms with Gasteiger partial charge in [0.2, 0.25) is 38.6 Å². The Hall–Kier alpha value is -6.84. The van der Waals surface area contributed by atoms with E-state index in [1.807, 2.05) is 6.07 Å². The predicted molar refractivity (Wildman–Crippen MR) is 320 cm³/mol. The Morgan fingerprint density at radius 2 is 1.32 bits per heavy atom. The van der Waals surface area contributed by atoms with Crippen LogP contribution in [0.4, 0.5) is 5.69 Å². The minimum absolute atomic E-state index is 0.0154. The molecule has 0 bridgehead atoms. The van der Waals surface area contributed by atoms with Crippen molar-refractivity contribution in [3.8, 4) is 23.2 Å². The first-order valence-corrected chi connectivity index (χ1v) is 31.7. The van der Waals surface area contributed by atoms with Crippen molar-refractivity contribution >= 4 is 56.0 Å². The first kappa shape index (κ1) is 68.6. The molecule has 0 saturated carbocycles. The Labute approximate surface area is 512 Å². The fraction of sp³-hybridized carbons (Fsp3) is 0.590. The van der Waals surface area contributed by atoms with Crippen molar-refractivity contribution in [1.82, 2.24) is 35.5 Å². The quantitative estimate of drug-likeness (QED) is 0.0164. The van der Waals surface area contributed by atoms with Crippen molar-refractivity contribution in [2.24, 2.45) is 5.92 Å². The molecule has 2 aliphatic heterocycles. The number of benzene rings is 1. The number of hydrogen-bond donors (Lipinski definition) is 5. The molecule has 1 aliphatic carbocycles. The van der Waals surface area contributed by atoms with E-state index < -0.39 is 45.3 Å². The number of rotatable bonds is 38. The summed E-state index contributed by atoms with van der Waals surface area (Å²) in [6, 6.07) is 3.45. The van der Waals surface area contributed by atoms with Gasteiger partial charge in [0.05, 0.1) is 140 Å². The second-order valence-corrected chi connectivity index (χ2v) is 23.5. The SMILES string of the molecule is CC[C@@]1(O)C(=O)OCc2c1cc1n(c2=O)Cc2c-1nc1ccc(NC(=O)[C@H](C)NC(=O)[C@@H](NC(=O)CCOCCOCCOCCOCCOCCOCCOCCOCCNC(=O)CCCC#Cc3cnc(S(C)(=O)=O)nc3)C(C)C)c3c1c2CCC3. The molecule has 26 nitrogen and oxygen atoms in total. The van der Waals surface area contributed by atoms with Crippen LogP contribution >= 0.6 is 0 Å². The molecule has 5 heterocycles. The molecular weight excluding hydrogens is 1160 g/mol. The molecule has 88 heavy (non-hydrogen) atoms. The van der Waals surface area contributed by atoms with Gasteiger partial charge in [-0.2, -0.15) is 0 Å². The first-order chi connectivity index (χ1) is 42.4. The van der Waals surface area contributed by atoms with E-state index in [0.717, 1.165) is 41.2 Å². The predicted octanol–water partition coefficient (Wildman–Crippen LogP) is 2.21. The minimum Gasteiger partial charge on any atom is -0.458 e. The van der Waals surface area contributed by atoms with Gasteiger partial charge in [0.1, 0.15) is 18.7 Å². The number of cyclic esters (lactones) is 1. The highest BCUT2D eigenvalue weighted by Crippen LogP contribution is 2.43. The molecule has 3 atom stereocenters. The summed E-state index contributed by atoms with van der Waals surface area (Å²) in [7, 11) is -3.46. The van der Waals surface area contributed by atoms with E-state index >= 15 is 0 Å². The molecule has 0 fully saturated rings. The van der Waals surface area contributed by atoms with Crippen LogP contribution < -0.4 is 26.8 Å². The van der Waals surface area contributed by atoms with Crippen molar-refractivity contribution in [3.63, 3.8) is 0 Å². The third-order valence-corrected chi connectivity index (χ3v) is 15.6. The van der Waals surface area contributed by atoms with Gasteiger partial charge >= 0.3 is 5.97 Å². The van der Waals surface area contributed by atoms with Crippen LogP contribution in [0.1, 0.15) is 99.6 Å². The Morgan fingerprint density at radius 3 is 1.90 bits per heavy atom. The summed E-state index contributed by atoms with van der Waals surface area (Å²) in [4.78, 5) is 91.2. The van der Waals surface area contributed by atoms with Crippen LogP contribution in [0.3, 0.4) is 0 Å². The van der Waals surface area contributed by atoms with Crippen molar-refractivity contribution in [3.05, 3.63) is 74.3 Å². The summed E-state index contributed by atoms with van der Waals surface area (Å²) in [5.74, 6) is 3.30. The summed E-state index contributed by atoms with van der Waals surface area (Å²) >= 11 is 0. The maximum atomic E-state index is 13.8. The van der Waals surface area contributed by atoms with Gasteiger partial charge in [-0.3, -0.25) is 24.0 Å². The normalized spacial score (nSPS) is 15.6. The molecule has 7 rings (SSSR count). The number of nitrogens with zero attached hydrogens (tertiary/aromatic N) is 4. The highest BCUT2D eigenvalue weighted by Gasteiger charge is 2.46. The molecule has 480 valence electrons. The molecule has 27 heteroatoms. The number of carbonyl (C=O) groups excluding carboxylic acids is 5. The number of aryl methyl sites for hydroxylation is 2. The summed E-state index contributed by atoms with van der Waals surface area (Å²) < 4.78 is 73.9. The van der Waals surface area contributed by atoms with Crippen molar-refractivity contribution < 1.29 is 80.1 Å². The van der Waals surface area contributed by atoms with Gasteiger partial charge in [-0.15, -0.1) is 0 Å². The number of anilines is 1. The van der Waals surface area contributed by atoms with Crippen LogP contribution in [0, 0.1) is 17.8 Å². The Balaban J connectivity index is 0.649. The Morgan fingerprint density at radius 1 is 0.739 bits per heavy atom. The van der Waals surface area contributed by atoms with E-state index in [9.17, 15) is 42.3 Å². The average molecular weight is 1250 g/mol. The van der Waals surface area contributed by atoms with Crippen molar-refractivity contribution in [2.75, 3.05) is 124 Å². The van der Waals surface area contributed by atoms with Crippen LogP contribution in [0.25, 0.3) is 22.3 Å². The number of aliphatic hydroxyl groups is 1. The third-order valence-electron chi connectivity index (χ3n) is 14.8. The molecule has 5 N–H and O–H groups in total. The van der Waals surface area contributed by atoms with Crippen LogP contribution in [-0.2, 0) is 108 Å². The maximum Gasteiger partial charge on any atom is 0.343 e. The maximum absolute atomic E-state index is 13.8. The van der Waals surface area contributed by atoms with E-state index in [1.165, 1.54) is 12.4 Å². The number of nitrogens with one attached hydrogen (secondary N) is 4. The van der Waals surface area contributed by atoms with Crippen LogP contribution in [0.2, 0.25) is 0 Å². The number of carbonyl (C=O) groups is 5. The van der Waals surface area contributed by atoms with Gasteiger partial charge in [-0.05, 0) is 74.3 Å². The minimum atomic E-state index is -3.46. The van der Waals surface area contributed by atoms with Gasteiger partial charge in [0.15, 0.2) is 5.60 Å². The lowest BCUT2D eigenvalue weighted by molar-refractivity contribution is -0.172. The van der Waals surface area contributed by atoms with Crippen LogP contribution in [-0.4, -0.2) is 193 Å². The molecule has 0 saturated heterocycles. The number of sulfone groups is 1. The molecular formula is C61H82N8O18S. The molecule has 3 aromatic heterocycles. The number of amides is 4. The fourth-order valence-electron chi connectivity index (χ4n) is 10.1. The fourth-order valence-corrected chi connectivity index (χ4v) is 10.5. The standard InChI is InChI=1S/C61H82N8O18S/c1-6-61(76)47-35-50-55-45(38-69(50)58(74)46(47)39-87-59(61)75)43-12-10-13-44-48(15-16-49(66-55)53(43)44)67-56(72)41(4)65-57(73)54(40(2)3)68-52(71)17-19-79-21-23-81-25-27-83-29-31-85-33-34-86-32-30-84-28-26-82-24-22-80-20-18-62-51(70)14-9-7-8-11-42-36-63-60(64-37-42)88(5,77)78/h15-16,35-37,40-41,54,76H,6-7,9-10,12-14,17-34,38-39H2,1-5H3,(H,62,70)(H,65,73)(H,67,72)(H,68,71)/t41-,54-,61-/m0/s1. The average Bonchev–Trinajstić information content (AvgIpc) is 1.53. The van der Waals surface area contributed by atoms with E-state index in [4.69, 9.17) is 47.6 Å². The highest BCUT2D eigenvalue weighted by molar-refractivity contribution is 7.90.